The molecule has 0 aliphatic heterocycles. The van der Waals surface area contributed by atoms with E-state index in [2.05, 4.69) is 65.4 Å². The third-order valence-corrected chi connectivity index (χ3v) is 3.58. The van der Waals surface area contributed by atoms with Crippen LogP contribution in [0, 0.1) is 0 Å². The maximum Gasteiger partial charge on any atom is 0.0271 e. The summed E-state index contributed by atoms with van der Waals surface area (Å²) in [4.78, 5) is 6.52. The Bertz CT molecular complexity index is 525. The van der Waals surface area contributed by atoms with E-state index in [1.54, 1.807) is 0 Å². The van der Waals surface area contributed by atoms with Crippen molar-refractivity contribution in [2.75, 3.05) is 13.1 Å². The minimum Gasteiger partial charge on any atom is -0.313 e. The highest BCUT2D eigenvalue weighted by molar-refractivity contribution is 5.23. The van der Waals surface area contributed by atoms with Crippen molar-refractivity contribution in [3.63, 3.8) is 0 Å². The summed E-state index contributed by atoms with van der Waals surface area (Å²) in [6, 6.07) is 13.0. The van der Waals surface area contributed by atoms with E-state index in [4.69, 9.17) is 0 Å². The Balaban J connectivity index is 1.98. The lowest BCUT2D eigenvalue weighted by atomic mass is 10.1. The van der Waals surface area contributed by atoms with Crippen molar-refractivity contribution in [1.82, 2.24) is 15.2 Å². The molecule has 0 aliphatic rings. The zero-order valence-electron chi connectivity index (χ0n) is 13.0. The molecule has 1 N–H and O–H groups in total. The van der Waals surface area contributed by atoms with Gasteiger partial charge in [0.2, 0.25) is 0 Å². The van der Waals surface area contributed by atoms with Crippen LogP contribution in [0.1, 0.15) is 30.5 Å². The number of hydrogen-bond donors (Lipinski definition) is 1. The molecule has 0 radical (unpaired) electrons. The second kappa shape index (κ2) is 8.55. The molecule has 0 bridgehead atoms. The third-order valence-electron chi connectivity index (χ3n) is 3.58. The average Bonchev–Trinajstić information content (AvgIpc) is 2.53. The molecular formula is C18H25N3. The Kier molecular flexibility index (Phi) is 6.38. The molecule has 0 atom stereocenters. The Morgan fingerprint density at radius 2 is 1.67 bits per heavy atom. The van der Waals surface area contributed by atoms with E-state index in [0.29, 0.717) is 0 Å². The lowest BCUT2D eigenvalue weighted by Crippen LogP contribution is -2.22. The number of benzene rings is 1. The highest BCUT2D eigenvalue weighted by atomic mass is 15.1. The smallest absolute Gasteiger partial charge is 0.0271 e. The fourth-order valence-electron chi connectivity index (χ4n) is 2.39. The summed E-state index contributed by atoms with van der Waals surface area (Å²) in [5.74, 6) is 0. The first kappa shape index (κ1) is 15.7. The van der Waals surface area contributed by atoms with Gasteiger partial charge in [-0.2, -0.15) is 0 Å². The topological polar surface area (TPSA) is 28.2 Å². The summed E-state index contributed by atoms with van der Waals surface area (Å²) in [5.41, 5.74) is 4.05. The molecule has 0 unspecified atom stereocenters. The monoisotopic (exact) mass is 283 g/mol. The summed E-state index contributed by atoms with van der Waals surface area (Å²) in [6.45, 7) is 9.30. The minimum absolute atomic E-state index is 0.945. The van der Waals surface area contributed by atoms with Gasteiger partial charge in [-0.25, -0.2) is 0 Å². The van der Waals surface area contributed by atoms with E-state index < -0.39 is 0 Å². The van der Waals surface area contributed by atoms with Gasteiger partial charge in [-0.3, -0.25) is 9.88 Å². The second-order valence-electron chi connectivity index (χ2n) is 5.26. The SMILES string of the molecule is CCNCc1cccc(CN(CC)Cc2ccncc2)c1. The number of rotatable bonds is 8. The maximum absolute atomic E-state index is 4.08. The number of nitrogens with one attached hydrogen (secondary N) is 1. The summed E-state index contributed by atoms with van der Waals surface area (Å²) < 4.78 is 0. The Morgan fingerprint density at radius 1 is 0.952 bits per heavy atom. The van der Waals surface area contributed by atoms with Crippen LogP contribution in [0.3, 0.4) is 0 Å². The van der Waals surface area contributed by atoms with Gasteiger partial charge < -0.3 is 5.32 Å². The quantitative estimate of drug-likeness (QED) is 0.806. The second-order valence-corrected chi connectivity index (χ2v) is 5.26. The van der Waals surface area contributed by atoms with Crippen LogP contribution >= 0.6 is 0 Å². The van der Waals surface area contributed by atoms with Gasteiger partial charge in [0.05, 0.1) is 0 Å². The molecule has 3 nitrogen and oxygen atoms in total. The van der Waals surface area contributed by atoms with E-state index in [9.17, 15) is 0 Å². The third kappa shape index (κ3) is 5.29. The van der Waals surface area contributed by atoms with E-state index in [-0.39, 0.29) is 0 Å². The van der Waals surface area contributed by atoms with Crippen LogP contribution in [0.2, 0.25) is 0 Å². The molecule has 0 amide bonds. The Morgan fingerprint density at radius 3 is 2.38 bits per heavy atom. The molecule has 1 aromatic heterocycles. The van der Waals surface area contributed by atoms with E-state index in [1.165, 1.54) is 16.7 Å². The van der Waals surface area contributed by atoms with Crippen molar-refractivity contribution in [1.29, 1.82) is 0 Å². The van der Waals surface area contributed by atoms with Crippen molar-refractivity contribution in [3.8, 4) is 0 Å². The Labute approximate surface area is 128 Å². The number of aromatic nitrogens is 1. The first-order chi connectivity index (χ1) is 10.3. The lowest BCUT2D eigenvalue weighted by molar-refractivity contribution is 0.271. The van der Waals surface area contributed by atoms with Gasteiger partial charge in [-0.1, -0.05) is 38.1 Å². The molecule has 0 spiro atoms. The number of nitrogens with zero attached hydrogens (tertiary/aromatic N) is 2. The lowest BCUT2D eigenvalue weighted by Gasteiger charge is -2.21. The van der Waals surface area contributed by atoms with Crippen LogP contribution in [0.25, 0.3) is 0 Å². The number of pyridine rings is 1. The van der Waals surface area contributed by atoms with Crippen LogP contribution in [0.5, 0.6) is 0 Å². The van der Waals surface area contributed by atoms with Crippen molar-refractivity contribution >= 4 is 0 Å². The predicted octanol–water partition coefficient (Wildman–Crippen LogP) is 3.21. The molecular weight excluding hydrogens is 258 g/mol. The molecule has 0 fully saturated rings. The predicted molar refractivity (Wildman–Crippen MR) is 87.8 cm³/mol. The van der Waals surface area contributed by atoms with Gasteiger partial charge in [0.15, 0.2) is 0 Å². The first-order valence-electron chi connectivity index (χ1n) is 7.71. The van der Waals surface area contributed by atoms with Crippen LogP contribution in [-0.2, 0) is 19.6 Å². The van der Waals surface area contributed by atoms with Crippen molar-refractivity contribution in [2.24, 2.45) is 0 Å². The van der Waals surface area contributed by atoms with Crippen molar-refractivity contribution in [3.05, 3.63) is 65.5 Å². The number of hydrogen-bond acceptors (Lipinski definition) is 3. The highest BCUT2D eigenvalue weighted by Gasteiger charge is 2.05. The molecule has 21 heavy (non-hydrogen) atoms. The Hall–Kier alpha value is -1.71. The molecule has 0 aliphatic carbocycles. The molecule has 112 valence electrons. The van der Waals surface area contributed by atoms with E-state index >= 15 is 0 Å². The van der Waals surface area contributed by atoms with Gasteiger partial charge in [0.1, 0.15) is 0 Å². The molecule has 1 heterocycles. The standard InChI is InChI=1S/C18H25N3/c1-3-19-13-17-6-5-7-18(12-17)15-21(4-2)14-16-8-10-20-11-9-16/h5-12,19H,3-4,13-15H2,1-2H3. The summed E-state index contributed by atoms with van der Waals surface area (Å²) in [6.07, 6.45) is 3.72. The van der Waals surface area contributed by atoms with Crippen molar-refractivity contribution < 1.29 is 0 Å². The van der Waals surface area contributed by atoms with Crippen LogP contribution in [0.4, 0.5) is 0 Å². The molecule has 0 saturated heterocycles. The summed E-state index contributed by atoms with van der Waals surface area (Å²) in [7, 11) is 0. The van der Waals surface area contributed by atoms with Crippen LogP contribution < -0.4 is 5.32 Å². The van der Waals surface area contributed by atoms with Crippen LogP contribution in [-0.4, -0.2) is 23.0 Å². The van der Waals surface area contributed by atoms with Crippen molar-refractivity contribution in [2.45, 2.75) is 33.5 Å². The van der Waals surface area contributed by atoms with Gasteiger partial charge >= 0.3 is 0 Å². The average molecular weight is 283 g/mol. The van der Waals surface area contributed by atoms with Gasteiger partial charge in [-0.05, 0) is 41.9 Å². The molecule has 1 aromatic carbocycles. The summed E-state index contributed by atoms with van der Waals surface area (Å²) in [5, 5.41) is 3.38. The fourth-order valence-corrected chi connectivity index (χ4v) is 2.39. The van der Waals surface area contributed by atoms with Gasteiger partial charge in [0.25, 0.3) is 0 Å². The van der Waals surface area contributed by atoms with Crippen LogP contribution in [0.15, 0.2) is 48.8 Å². The van der Waals surface area contributed by atoms with E-state index in [1.807, 2.05) is 12.4 Å². The molecule has 2 rings (SSSR count). The molecule has 3 heteroatoms. The van der Waals surface area contributed by atoms with Gasteiger partial charge in [0, 0.05) is 32.0 Å². The van der Waals surface area contributed by atoms with Gasteiger partial charge in [-0.15, -0.1) is 0 Å². The molecule has 2 aromatic rings. The zero-order valence-corrected chi connectivity index (χ0v) is 13.0. The zero-order chi connectivity index (χ0) is 14.9. The van der Waals surface area contributed by atoms with E-state index in [0.717, 1.165) is 32.7 Å². The minimum atomic E-state index is 0.945. The maximum atomic E-state index is 4.08. The largest absolute Gasteiger partial charge is 0.313 e. The first-order valence-corrected chi connectivity index (χ1v) is 7.71. The fraction of sp³-hybridized carbons (Fsp3) is 0.389. The summed E-state index contributed by atoms with van der Waals surface area (Å²) >= 11 is 0. The highest BCUT2D eigenvalue weighted by Crippen LogP contribution is 2.11. The normalized spacial score (nSPS) is 11.0. The molecule has 0 saturated carbocycles.